The van der Waals surface area contributed by atoms with E-state index in [9.17, 15) is 43.5 Å². The molecule has 0 saturated carbocycles. The molecule has 0 unspecified atom stereocenters. The molecule has 1 fully saturated rings. The maximum Gasteiger partial charge on any atom is 0.358 e. The lowest BCUT2D eigenvalue weighted by Gasteiger charge is -2.14. The van der Waals surface area contributed by atoms with E-state index in [2.05, 4.69) is 26.1 Å². The summed E-state index contributed by atoms with van der Waals surface area (Å²) in [6, 6.07) is -1.58. The first kappa shape index (κ1) is 48.7. The van der Waals surface area contributed by atoms with Gasteiger partial charge in [0.1, 0.15) is 12.6 Å². The first-order valence-corrected chi connectivity index (χ1v) is 19.7. The number of hydrogen-bond acceptors (Lipinski definition) is 11. The van der Waals surface area contributed by atoms with Gasteiger partial charge >= 0.3 is 23.9 Å². The summed E-state index contributed by atoms with van der Waals surface area (Å²) in [5.41, 5.74) is 0. The Morgan fingerprint density at radius 2 is 1.09 bits per heavy atom. The van der Waals surface area contributed by atoms with Crippen molar-refractivity contribution in [2.75, 3.05) is 46.1 Å². The number of carboxylic acid groups (broad SMARTS) is 2. The predicted molar refractivity (Wildman–Crippen MR) is 198 cm³/mol. The van der Waals surface area contributed by atoms with E-state index >= 15 is 0 Å². The molecule has 0 aliphatic carbocycles. The van der Waals surface area contributed by atoms with Gasteiger partial charge in [-0.2, -0.15) is 0 Å². The molecule has 1 aliphatic rings. The average molecular weight is 786 g/mol. The van der Waals surface area contributed by atoms with Gasteiger partial charge in [-0.1, -0.05) is 77.0 Å². The second-order valence-electron chi connectivity index (χ2n) is 13.4. The fraction of sp³-hybridized carbons (Fsp3) is 0.784. The first-order chi connectivity index (χ1) is 26.5. The number of carbonyl (C=O) groups excluding carboxylic acids is 6. The SMILES string of the molecule is O=C(O)CCCCCCCCCCCCCCCCC(=O)N[C@@H](CCC(=O)NCCCNC(=O)NCCOCCOCC(=O)ON1C(=O)CCC1=O)C(=O)O. The molecule has 0 bridgehead atoms. The molecule has 6 N–H and O–H groups in total. The monoisotopic (exact) mass is 785 g/mol. The molecule has 0 aromatic rings. The molecule has 1 heterocycles. The summed E-state index contributed by atoms with van der Waals surface area (Å²) in [6.07, 6.45) is 15.8. The largest absolute Gasteiger partial charge is 0.481 e. The summed E-state index contributed by atoms with van der Waals surface area (Å²) in [7, 11) is 0. The van der Waals surface area contributed by atoms with E-state index in [0.717, 1.165) is 44.9 Å². The number of aliphatic carboxylic acids is 2. The van der Waals surface area contributed by atoms with Gasteiger partial charge in [0, 0.05) is 51.7 Å². The summed E-state index contributed by atoms with van der Waals surface area (Å²) in [5, 5.41) is 29.0. The number of ether oxygens (including phenoxy) is 2. The minimum Gasteiger partial charge on any atom is -0.481 e. The molecule has 18 heteroatoms. The van der Waals surface area contributed by atoms with E-state index in [-0.39, 0.29) is 89.8 Å². The molecular weight excluding hydrogens is 722 g/mol. The maximum absolute atomic E-state index is 12.3. The third-order valence-corrected chi connectivity index (χ3v) is 8.62. The van der Waals surface area contributed by atoms with Gasteiger partial charge < -0.3 is 45.8 Å². The Kier molecular flexibility index (Phi) is 28.3. The van der Waals surface area contributed by atoms with Gasteiger partial charge in [0.2, 0.25) is 11.8 Å². The minimum absolute atomic E-state index is 0.00121. The Hall–Kier alpha value is -4.32. The van der Waals surface area contributed by atoms with Crippen LogP contribution in [0.4, 0.5) is 4.79 Å². The van der Waals surface area contributed by atoms with E-state index < -0.39 is 48.4 Å². The highest BCUT2D eigenvalue weighted by Gasteiger charge is 2.32. The van der Waals surface area contributed by atoms with E-state index in [4.69, 9.17) is 14.6 Å². The van der Waals surface area contributed by atoms with Crippen molar-refractivity contribution in [3.63, 3.8) is 0 Å². The smallest absolute Gasteiger partial charge is 0.358 e. The van der Waals surface area contributed by atoms with Crippen molar-refractivity contribution in [2.24, 2.45) is 0 Å². The van der Waals surface area contributed by atoms with Crippen molar-refractivity contribution in [1.82, 2.24) is 26.3 Å². The Labute approximate surface area is 323 Å². The van der Waals surface area contributed by atoms with Crippen molar-refractivity contribution in [3.05, 3.63) is 0 Å². The van der Waals surface area contributed by atoms with E-state index in [0.29, 0.717) is 17.9 Å². The second-order valence-corrected chi connectivity index (χ2v) is 13.4. The molecule has 1 atom stereocenters. The van der Waals surface area contributed by atoms with Crippen LogP contribution in [0.1, 0.15) is 135 Å². The van der Waals surface area contributed by atoms with E-state index in [1.165, 1.54) is 38.5 Å². The molecule has 0 spiro atoms. The lowest BCUT2D eigenvalue weighted by molar-refractivity contribution is -0.200. The Morgan fingerprint density at radius 1 is 0.582 bits per heavy atom. The van der Waals surface area contributed by atoms with Crippen LogP contribution in [0, 0.1) is 0 Å². The van der Waals surface area contributed by atoms with Crippen LogP contribution in [0.15, 0.2) is 0 Å². The highest BCUT2D eigenvalue weighted by Crippen LogP contribution is 2.14. The van der Waals surface area contributed by atoms with Crippen molar-refractivity contribution in [3.8, 4) is 0 Å². The van der Waals surface area contributed by atoms with Gasteiger partial charge in [-0.25, -0.2) is 14.4 Å². The molecule has 314 valence electrons. The van der Waals surface area contributed by atoms with Gasteiger partial charge in [-0.3, -0.25) is 24.0 Å². The number of nitrogens with zero attached hydrogens (tertiary/aromatic N) is 1. The molecule has 0 aromatic carbocycles. The minimum atomic E-state index is -1.19. The number of carboxylic acids is 2. The molecule has 1 saturated heterocycles. The van der Waals surface area contributed by atoms with E-state index in [1.807, 2.05) is 0 Å². The van der Waals surface area contributed by atoms with Crippen molar-refractivity contribution in [1.29, 1.82) is 0 Å². The van der Waals surface area contributed by atoms with Crippen LogP contribution in [0.2, 0.25) is 0 Å². The summed E-state index contributed by atoms with van der Waals surface area (Å²) < 4.78 is 10.4. The molecule has 18 nitrogen and oxygen atoms in total. The van der Waals surface area contributed by atoms with Crippen LogP contribution in [0.25, 0.3) is 0 Å². The van der Waals surface area contributed by atoms with Crippen LogP contribution < -0.4 is 21.3 Å². The predicted octanol–water partition coefficient (Wildman–Crippen LogP) is 3.11. The molecule has 1 rings (SSSR count). The van der Waals surface area contributed by atoms with Crippen molar-refractivity contribution in [2.45, 2.75) is 141 Å². The average Bonchev–Trinajstić information content (AvgIpc) is 3.45. The molecule has 55 heavy (non-hydrogen) atoms. The Balaban J connectivity index is 1.94. The standard InChI is InChI=1S/C37H63N5O13/c43-30(38-22-15-23-39-37(52)40-24-25-53-26-27-54-28-35(49)55-42-32(45)20-21-33(42)46)19-18-29(36(50)51)41-31(44)16-13-11-9-7-5-3-1-2-4-6-8-10-12-14-17-34(47)48/h29H,1-28H2,(H,38,43)(H,41,44)(H,47,48)(H,50,51)(H2,39,40,52)/t29-/m0/s1. The van der Waals surface area contributed by atoms with Gasteiger partial charge in [0.25, 0.3) is 11.8 Å². The molecule has 0 aromatic heterocycles. The highest BCUT2D eigenvalue weighted by atomic mass is 16.7. The van der Waals surface area contributed by atoms with Crippen LogP contribution in [-0.2, 0) is 47.9 Å². The molecule has 1 aliphatic heterocycles. The Bertz CT molecular complexity index is 1170. The van der Waals surface area contributed by atoms with Crippen LogP contribution in [0.5, 0.6) is 0 Å². The summed E-state index contributed by atoms with van der Waals surface area (Å²) in [5.74, 6) is -4.65. The summed E-state index contributed by atoms with van der Waals surface area (Å²) >= 11 is 0. The number of hydrogen-bond donors (Lipinski definition) is 6. The number of unbranched alkanes of at least 4 members (excludes halogenated alkanes) is 13. The zero-order valence-corrected chi connectivity index (χ0v) is 32.2. The summed E-state index contributed by atoms with van der Waals surface area (Å²) in [4.78, 5) is 97.6. The molecular formula is C37H63N5O13. The zero-order chi connectivity index (χ0) is 40.5. The van der Waals surface area contributed by atoms with Gasteiger partial charge in [0.05, 0.1) is 19.8 Å². The van der Waals surface area contributed by atoms with Crippen molar-refractivity contribution < 1.29 is 62.9 Å². The number of nitrogens with one attached hydrogen (secondary N) is 4. The number of rotatable bonds is 35. The Morgan fingerprint density at radius 3 is 1.65 bits per heavy atom. The quantitative estimate of drug-likeness (QED) is 0.0399. The number of amides is 6. The number of urea groups is 1. The van der Waals surface area contributed by atoms with E-state index in [1.54, 1.807) is 0 Å². The first-order valence-electron chi connectivity index (χ1n) is 19.7. The zero-order valence-electron chi connectivity index (χ0n) is 32.2. The third-order valence-electron chi connectivity index (χ3n) is 8.62. The van der Waals surface area contributed by atoms with Crippen LogP contribution in [-0.4, -0.2) is 115 Å². The van der Waals surface area contributed by atoms with Crippen LogP contribution in [0.3, 0.4) is 0 Å². The fourth-order valence-corrected chi connectivity index (χ4v) is 5.55. The molecule has 0 radical (unpaired) electrons. The third kappa shape index (κ3) is 27.9. The second kappa shape index (κ2) is 32.0. The van der Waals surface area contributed by atoms with Crippen molar-refractivity contribution >= 4 is 47.6 Å². The fourth-order valence-electron chi connectivity index (χ4n) is 5.55. The lowest BCUT2D eigenvalue weighted by Crippen LogP contribution is -2.41. The van der Waals surface area contributed by atoms with Crippen LogP contribution >= 0.6 is 0 Å². The topological polar surface area (TPSA) is 256 Å². The summed E-state index contributed by atoms with van der Waals surface area (Å²) in [6.45, 7) is 0.639. The number of carbonyl (C=O) groups is 8. The lowest BCUT2D eigenvalue weighted by atomic mass is 10.0. The van der Waals surface area contributed by atoms with Gasteiger partial charge in [-0.05, 0) is 25.7 Å². The van der Waals surface area contributed by atoms with Gasteiger partial charge in [0.15, 0.2) is 0 Å². The van der Waals surface area contributed by atoms with Gasteiger partial charge in [-0.15, -0.1) is 5.06 Å². The number of hydroxylamine groups is 2. The maximum atomic E-state index is 12.3. The normalized spacial score (nSPS) is 13.0. The number of imide groups is 1. The molecule has 6 amide bonds. The highest BCUT2D eigenvalue weighted by molar-refractivity contribution is 6.01.